The van der Waals surface area contributed by atoms with Crippen LogP contribution in [-0.4, -0.2) is 47.4 Å². The van der Waals surface area contributed by atoms with Gasteiger partial charge in [-0.3, -0.25) is 9.59 Å². The van der Waals surface area contributed by atoms with E-state index in [1.54, 1.807) is 0 Å². The summed E-state index contributed by atoms with van der Waals surface area (Å²) in [5.74, 6) is -0.0447. The molecule has 0 heterocycles. The summed E-state index contributed by atoms with van der Waals surface area (Å²) in [5.41, 5.74) is 0. The summed E-state index contributed by atoms with van der Waals surface area (Å²) in [6, 6.07) is -0.548. The normalized spacial score (nSPS) is 12.8. The highest BCUT2D eigenvalue weighted by Gasteiger charge is 2.20. The molecule has 0 radical (unpaired) electrons. The monoisotopic (exact) mass is 956 g/mol. The molecular weight excluding hydrogens is 839 g/mol. The predicted molar refractivity (Wildman–Crippen MR) is 296 cm³/mol. The van der Waals surface area contributed by atoms with E-state index in [2.05, 4.69) is 55.6 Å². The van der Waals surface area contributed by atoms with E-state index in [4.69, 9.17) is 4.74 Å². The lowest BCUT2D eigenvalue weighted by Crippen LogP contribution is -2.45. The van der Waals surface area contributed by atoms with Gasteiger partial charge in [0.15, 0.2) is 0 Å². The second-order valence-corrected chi connectivity index (χ2v) is 20.7. The number of carbonyl (C=O) groups is 2. The van der Waals surface area contributed by atoms with E-state index in [9.17, 15) is 19.8 Å². The summed E-state index contributed by atoms with van der Waals surface area (Å²) in [6.45, 7) is 4.93. The van der Waals surface area contributed by atoms with E-state index >= 15 is 0 Å². The number of rotatable bonds is 56. The van der Waals surface area contributed by atoms with E-state index in [1.807, 2.05) is 0 Å². The van der Waals surface area contributed by atoms with Crippen LogP contribution < -0.4 is 5.32 Å². The minimum Gasteiger partial charge on any atom is -0.466 e. The topological polar surface area (TPSA) is 95.9 Å². The molecule has 1 amide bonds. The van der Waals surface area contributed by atoms with Crippen LogP contribution in [0.2, 0.25) is 0 Å². The highest BCUT2D eigenvalue weighted by atomic mass is 16.5. The molecule has 0 aromatic carbocycles. The van der Waals surface area contributed by atoms with Gasteiger partial charge < -0.3 is 20.3 Å². The van der Waals surface area contributed by atoms with E-state index < -0.39 is 12.1 Å². The first-order valence-electron chi connectivity index (χ1n) is 30.2. The number of hydrogen-bond donors (Lipinski definition) is 3. The molecule has 6 nitrogen and oxygen atoms in total. The molecule has 0 aliphatic heterocycles. The average molecular weight is 957 g/mol. The minimum atomic E-state index is -0.669. The summed E-state index contributed by atoms with van der Waals surface area (Å²) in [7, 11) is 0. The van der Waals surface area contributed by atoms with Crippen molar-refractivity contribution in [2.75, 3.05) is 13.2 Å². The van der Waals surface area contributed by atoms with Gasteiger partial charge in [0.1, 0.15) is 0 Å². The molecule has 0 saturated heterocycles. The molecule has 0 rings (SSSR count). The fourth-order valence-electron chi connectivity index (χ4n) is 9.25. The van der Waals surface area contributed by atoms with Crippen molar-refractivity contribution < 1.29 is 24.5 Å². The Bertz CT molecular complexity index is 1100. The zero-order valence-corrected chi connectivity index (χ0v) is 45.6. The number of allylic oxidation sites excluding steroid dienone is 6. The van der Waals surface area contributed by atoms with Crippen LogP contribution in [0.4, 0.5) is 0 Å². The van der Waals surface area contributed by atoms with Crippen molar-refractivity contribution in [3.05, 3.63) is 36.5 Å². The van der Waals surface area contributed by atoms with Gasteiger partial charge in [0.05, 0.1) is 25.4 Å². The largest absolute Gasteiger partial charge is 0.466 e. The van der Waals surface area contributed by atoms with Crippen LogP contribution in [0.1, 0.15) is 322 Å². The number of amides is 1. The number of aliphatic hydroxyl groups is 2. The summed E-state index contributed by atoms with van der Waals surface area (Å²) < 4.78 is 5.49. The van der Waals surface area contributed by atoms with Crippen molar-refractivity contribution in [1.29, 1.82) is 0 Å². The smallest absolute Gasteiger partial charge is 0.305 e. The van der Waals surface area contributed by atoms with Gasteiger partial charge in [-0.15, -0.1) is 0 Å². The van der Waals surface area contributed by atoms with Crippen molar-refractivity contribution in [3.63, 3.8) is 0 Å². The second kappa shape index (κ2) is 57.7. The molecule has 400 valence electrons. The zero-order valence-electron chi connectivity index (χ0n) is 45.6. The molecule has 0 bridgehead atoms. The van der Waals surface area contributed by atoms with Crippen molar-refractivity contribution in [1.82, 2.24) is 5.32 Å². The third-order valence-electron chi connectivity index (χ3n) is 13.9. The van der Waals surface area contributed by atoms with Gasteiger partial charge in [0.25, 0.3) is 0 Å². The SMILES string of the molecule is CCCCCC/C=C\C/C=C\CCCCCCCCCC(=O)OCCCCCCCCCCC/C=C\CCCCCCCCCC(=O)NC(CO)C(O)CCCCCCCCCCCCCCC. The molecule has 0 saturated carbocycles. The Morgan fingerprint density at radius 3 is 1.15 bits per heavy atom. The van der Waals surface area contributed by atoms with Crippen molar-refractivity contribution >= 4 is 11.9 Å². The second-order valence-electron chi connectivity index (χ2n) is 20.7. The molecule has 0 aromatic heterocycles. The summed E-state index contributed by atoms with van der Waals surface area (Å²) >= 11 is 0. The fraction of sp³-hybridized carbons (Fsp3) is 0.871. The van der Waals surface area contributed by atoms with Crippen LogP contribution in [0.5, 0.6) is 0 Å². The lowest BCUT2D eigenvalue weighted by atomic mass is 10.0. The van der Waals surface area contributed by atoms with Crippen LogP contribution in [-0.2, 0) is 14.3 Å². The maximum absolute atomic E-state index is 12.5. The van der Waals surface area contributed by atoms with Crippen LogP contribution in [0.3, 0.4) is 0 Å². The Hall–Kier alpha value is -1.92. The first-order chi connectivity index (χ1) is 33.5. The number of aliphatic hydroxyl groups excluding tert-OH is 2. The third-order valence-corrected chi connectivity index (χ3v) is 13.9. The summed E-state index contributed by atoms with van der Waals surface area (Å²) in [5, 5.41) is 23.2. The van der Waals surface area contributed by atoms with Gasteiger partial charge in [-0.1, -0.05) is 262 Å². The highest BCUT2D eigenvalue weighted by molar-refractivity contribution is 5.76. The van der Waals surface area contributed by atoms with Crippen LogP contribution in [0.15, 0.2) is 36.5 Å². The molecule has 6 heteroatoms. The quantitative estimate of drug-likeness (QED) is 0.0321. The Balaban J connectivity index is 3.42. The Morgan fingerprint density at radius 2 is 0.735 bits per heavy atom. The van der Waals surface area contributed by atoms with Gasteiger partial charge in [0.2, 0.25) is 5.91 Å². The van der Waals surface area contributed by atoms with E-state index in [-0.39, 0.29) is 18.5 Å². The number of hydrogen-bond acceptors (Lipinski definition) is 5. The predicted octanol–water partition coefficient (Wildman–Crippen LogP) is 18.8. The number of carbonyl (C=O) groups excluding carboxylic acids is 2. The Kier molecular flexibility index (Phi) is 56.0. The van der Waals surface area contributed by atoms with Gasteiger partial charge in [-0.25, -0.2) is 0 Å². The molecule has 0 aliphatic carbocycles. The molecule has 3 N–H and O–H groups in total. The zero-order chi connectivity index (χ0) is 49.3. The van der Waals surface area contributed by atoms with Gasteiger partial charge >= 0.3 is 5.97 Å². The standard InChI is InChI=1S/C62H117NO5/c1-3-5-7-9-11-13-15-17-18-19-25-28-32-36-40-44-48-52-56-62(67)68-57-53-49-45-41-37-33-29-26-23-21-20-22-24-27-31-35-39-43-47-51-55-61(66)63-59(58-64)60(65)54-50-46-42-38-34-30-16-14-12-10-8-6-4-2/h13,15,18-20,22,59-60,64-65H,3-12,14,16-17,21,23-58H2,1-2H3,(H,63,66)/b15-13-,19-18-,22-20-. The Morgan fingerprint density at radius 1 is 0.412 bits per heavy atom. The maximum Gasteiger partial charge on any atom is 0.305 e. The van der Waals surface area contributed by atoms with Crippen molar-refractivity contribution in [2.24, 2.45) is 0 Å². The molecule has 0 aromatic rings. The number of unbranched alkanes of at least 4 members (excludes halogenated alkanes) is 39. The number of ether oxygens (including phenoxy) is 1. The van der Waals surface area contributed by atoms with E-state index in [0.29, 0.717) is 25.9 Å². The van der Waals surface area contributed by atoms with Crippen LogP contribution >= 0.6 is 0 Å². The van der Waals surface area contributed by atoms with Gasteiger partial charge in [-0.05, 0) is 83.5 Å². The molecule has 0 aliphatic rings. The molecular formula is C62H117NO5. The first kappa shape index (κ1) is 66.1. The minimum absolute atomic E-state index is 0.00111. The van der Waals surface area contributed by atoms with Crippen LogP contribution in [0, 0.1) is 0 Å². The third kappa shape index (κ3) is 53.4. The highest BCUT2D eigenvalue weighted by Crippen LogP contribution is 2.17. The number of nitrogens with one attached hydrogen (secondary N) is 1. The lowest BCUT2D eigenvalue weighted by Gasteiger charge is -2.22. The lowest BCUT2D eigenvalue weighted by molar-refractivity contribution is -0.143. The molecule has 0 spiro atoms. The number of esters is 1. The first-order valence-corrected chi connectivity index (χ1v) is 30.2. The molecule has 2 unspecified atom stereocenters. The fourth-order valence-corrected chi connectivity index (χ4v) is 9.25. The summed E-state index contributed by atoms with van der Waals surface area (Å²) in [4.78, 5) is 24.5. The average Bonchev–Trinajstić information content (AvgIpc) is 3.34. The summed E-state index contributed by atoms with van der Waals surface area (Å²) in [6.07, 6.45) is 71.4. The maximum atomic E-state index is 12.5. The van der Waals surface area contributed by atoms with E-state index in [0.717, 1.165) is 51.4 Å². The molecule has 68 heavy (non-hydrogen) atoms. The van der Waals surface area contributed by atoms with E-state index in [1.165, 1.54) is 238 Å². The molecule has 2 atom stereocenters. The molecule has 0 fully saturated rings. The van der Waals surface area contributed by atoms with Crippen LogP contribution in [0.25, 0.3) is 0 Å². The van der Waals surface area contributed by atoms with Gasteiger partial charge in [0, 0.05) is 12.8 Å². The van der Waals surface area contributed by atoms with Crippen molar-refractivity contribution in [2.45, 2.75) is 334 Å². The van der Waals surface area contributed by atoms with Crippen molar-refractivity contribution in [3.8, 4) is 0 Å². The Labute approximate surface area is 424 Å². The van der Waals surface area contributed by atoms with Gasteiger partial charge in [-0.2, -0.15) is 0 Å².